The van der Waals surface area contributed by atoms with Gasteiger partial charge in [-0.05, 0) is 24.6 Å². The molecule has 0 bridgehead atoms. The van der Waals surface area contributed by atoms with Gasteiger partial charge in [-0.1, -0.05) is 0 Å². The lowest BCUT2D eigenvalue weighted by Gasteiger charge is -2.20. The van der Waals surface area contributed by atoms with Crippen molar-refractivity contribution in [2.75, 3.05) is 11.9 Å². The third kappa shape index (κ3) is 2.89. The van der Waals surface area contributed by atoms with E-state index in [1.807, 2.05) is 13.1 Å². The second kappa shape index (κ2) is 5.56. The molecular weight excluding hydrogens is 299 g/mol. The Kier molecular flexibility index (Phi) is 3.73. The van der Waals surface area contributed by atoms with E-state index < -0.39 is 11.9 Å². The summed E-state index contributed by atoms with van der Waals surface area (Å²) in [6.07, 6.45) is -2.32. The van der Waals surface area contributed by atoms with Crippen LogP contribution >= 0.6 is 0 Å². The number of hydrogen-bond acceptors (Lipinski definition) is 5. The molecule has 1 saturated heterocycles. The molecule has 0 saturated carbocycles. The molecular formula is C13H14F3N5O. The number of nitrogens with zero attached hydrogens (tertiary/aromatic N) is 4. The predicted octanol–water partition coefficient (Wildman–Crippen LogP) is 2.17. The molecule has 0 radical (unpaired) electrons. The first-order valence-corrected chi connectivity index (χ1v) is 6.72. The van der Waals surface area contributed by atoms with E-state index in [0.29, 0.717) is 6.61 Å². The molecule has 1 aliphatic rings. The van der Waals surface area contributed by atoms with Gasteiger partial charge in [-0.25, -0.2) is 0 Å². The van der Waals surface area contributed by atoms with Crippen LogP contribution in [0.15, 0.2) is 24.4 Å². The highest BCUT2D eigenvalue weighted by Gasteiger charge is 2.34. The Morgan fingerprint density at radius 1 is 1.27 bits per heavy atom. The van der Waals surface area contributed by atoms with Crippen molar-refractivity contribution in [2.45, 2.75) is 24.7 Å². The SMILES string of the molecule is Cn1nccc1[C@H]1OCC[C@@H]1Nc1ccc(C(F)(F)F)nn1. The maximum absolute atomic E-state index is 12.5. The maximum atomic E-state index is 12.5. The Bertz CT molecular complexity index is 640. The van der Waals surface area contributed by atoms with E-state index >= 15 is 0 Å². The van der Waals surface area contributed by atoms with Crippen LogP contribution < -0.4 is 5.32 Å². The lowest BCUT2D eigenvalue weighted by molar-refractivity contribution is -0.141. The fourth-order valence-electron chi connectivity index (χ4n) is 2.44. The highest BCUT2D eigenvalue weighted by atomic mass is 19.4. The molecule has 3 heterocycles. The van der Waals surface area contributed by atoms with Gasteiger partial charge in [0.15, 0.2) is 5.69 Å². The largest absolute Gasteiger partial charge is 0.435 e. The van der Waals surface area contributed by atoms with E-state index in [4.69, 9.17) is 4.74 Å². The quantitative estimate of drug-likeness (QED) is 0.941. The molecule has 118 valence electrons. The second-order valence-electron chi connectivity index (χ2n) is 5.01. The number of halogens is 3. The molecule has 22 heavy (non-hydrogen) atoms. The number of hydrogen-bond donors (Lipinski definition) is 1. The summed E-state index contributed by atoms with van der Waals surface area (Å²) in [5.41, 5.74) is -0.112. The third-order valence-corrected chi connectivity index (χ3v) is 3.53. The Morgan fingerprint density at radius 3 is 2.68 bits per heavy atom. The number of alkyl halides is 3. The minimum absolute atomic E-state index is 0.0959. The lowest BCUT2D eigenvalue weighted by atomic mass is 10.1. The Hall–Kier alpha value is -2.16. The van der Waals surface area contributed by atoms with Gasteiger partial charge >= 0.3 is 6.18 Å². The van der Waals surface area contributed by atoms with Crippen molar-refractivity contribution in [3.05, 3.63) is 35.8 Å². The van der Waals surface area contributed by atoms with Crippen molar-refractivity contribution in [1.82, 2.24) is 20.0 Å². The highest BCUT2D eigenvalue weighted by molar-refractivity contribution is 5.36. The van der Waals surface area contributed by atoms with Gasteiger partial charge < -0.3 is 10.1 Å². The summed E-state index contributed by atoms with van der Waals surface area (Å²) < 4.78 is 44.8. The second-order valence-corrected chi connectivity index (χ2v) is 5.01. The summed E-state index contributed by atoms with van der Waals surface area (Å²) in [6.45, 7) is 0.557. The summed E-state index contributed by atoms with van der Waals surface area (Å²) in [4.78, 5) is 0. The molecule has 0 aromatic carbocycles. The van der Waals surface area contributed by atoms with E-state index in [9.17, 15) is 13.2 Å². The number of rotatable bonds is 3. The molecule has 1 N–H and O–H groups in total. The molecule has 0 amide bonds. The molecule has 9 heteroatoms. The summed E-state index contributed by atoms with van der Waals surface area (Å²) in [5.74, 6) is 0.288. The predicted molar refractivity (Wildman–Crippen MR) is 71.0 cm³/mol. The van der Waals surface area contributed by atoms with Gasteiger partial charge in [0.1, 0.15) is 11.9 Å². The van der Waals surface area contributed by atoms with Crippen LogP contribution in [0, 0.1) is 0 Å². The van der Waals surface area contributed by atoms with Gasteiger partial charge in [0.25, 0.3) is 0 Å². The Balaban J connectivity index is 1.74. The van der Waals surface area contributed by atoms with Crippen LogP contribution in [-0.4, -0.2) is 32.6 Å². The molecule has 2 aromatic heterocycles. The normalized spacial score (nSPS) is 22.0. The van der Waals surface area contributed by atoms with Crippen LogP contribution in [-0.2, 0) is 18.0 Å². The summed E-state index contributed by atoms with van der Waals surface area (Å²) in [5, 5.41) is 14.0. The average molecular weight is 313 g/mol. The first-order valence-electron chi connectivity index (χ1n) is 6.72. The van der Waals surface area contributed by atoms with Crippen LogP contribution in [0.1, 0.15) is 23.9 Å². The van der Waals surface area contributed by atoms with Gasteiger partial charge in [-0.2, -0.15) is 18.3 Å². The number of aromatic nitrogens is 4. The fourth-order valence-corrected chi connectivity index (χ4v) is 2.44. The maximum Gasteiger partial charge on any atom is 0.435 e. The molecule has 1 fully saturated rings. The summed E-state index contributed by atoms with van der Waals surface area (Å²) >= 11 is 0. The average Bonchev–Trinajstić information content (AvgIpc) is 3.07. The monoisotopic (exact) mass is 313 g/mol. The van der Waals surface area contributed by atoms with Crippen LogP contribution in [0.5, 0.6) is 0 Å². The van der Waals surface area contributed by atoms with Crippen LogP contribution in [0.4, 0.5) is 19.0 Å². The van der Waals surface area contributed by atoms with Gasteiger partial charge in [0.2, 0.25) is 0 Å². The first kappa shape index (κ1) is 14.8. The minimum atomic E-state index is -4.49. The van der Waals surface area contributed by atoms with Crippen molar-refractivity contribution >= 4 is 5.82 Å². The zero-order valence-corrected chi connectivity index (χ0v) is 11.7. The standard InChI is InChI=1S/C13H14F3N5O/c1-21-9(4-6-17-21)12-8(5-7-22-12)18-11-3-2-10(19-20-11)13(14,15)16/h2-4,6,8,12H,5,7H2,1H3,(H,18,20)/t8-,12-/m0/s1. The third-order valence-electron chi connectivity index (χ3n) is 3.53. The fraction of sp³-hybridized carbons (Fsp3) is 0.462. The Morgan fingerprint density at radius 2 is 2.09 bits per heavy atom. The van der Waals surface area contributed by atoms with Crippen molar-refractivity contribution < 1.29 is 17.9 Å². The van der Waals surface area contributed by atoms with Crippen LogP contribution in [0.25, 0.3) is 0 Å². The number of anilines is 1. The highest BCUT2D eigenvalue weighted by Crippen LogP contribution is 2.31. The first-order chi connectivity index (χ1) is 10.4. The van der Waals surface area contributed by atoms with Crippen LogP contribution in [0.3, 0.4) is 0 Å². The molecule has 2 atom stereocenters. The lowest BCUT2D eigenvalue weighted by Crippen LogP contribution is -2.25. The molecule has 0 spiro atoms. The van der Waals surface area contributed by atoms with E-state index in [1.165, 1.54) is 6.07 Å². The zero-order valence-electron chi connectivity index (χ0n) is 11.7. The number of aryl methyl sites for hydroxylation is 1. The number of ether oxygens (including phenoxy) is 1. The van der Waals surface area contributed by atoms with Gasteiger partial charge in [0, 0.05) is 19.9 Å². The van der Waals surface area contributed by atoms with E-state index in [0.717, 1.165) is 18.2 Å². The summed E-state index contributed by atoms with van der Waals surface area (Å²) in [7, 11) is 1.81. The molecule has 2 aromatic rings. The van der Waals surface area contributed by atoms with Gasteiger partial charge in [-0.15, -0.1) is 10.2 Å². The van der Waals surface area contributed by atoms with Gasteiger partial charge in [0.05, 0.1) is 11.7 Å². The molecule has 3 rings (SSSR count). The Labute approximate surface area is 124 Å². The molecule has 0 aliphatic carbocycles. The molecule has 6 nitrogen and oxygen atoms in total. The summed E-state index contributed by atoms with van der Waals surface area (Å²) in [6, 6.07) is 3.93. The van der Waals surface area contributed by atoms with E-state index in [1.54, 1.807) is 10.9 Å². The smallest absolute Gasteiger partial charge is 0.370 e. The molecule has 0 unspecified atom stereocenters. The van der Waals surface area contributed by atoms with Crippen molar-refractivity contribution in [2.24, 2.45) is 7.05 Å². The van der Waals surface area contributed by atoms with Crippen molar-refractivity contribution in [1.29, 1.82) is 0 Å². The van der Waals surface area contributed by atoms with E-state index in [2.05, 4.69) is 20.6 Å². The van der Waals surface area contributed by atoms with Crippen LogP contribution in [0.2, 0.25) is 0 Å². The van der Waals surface area contributed by atoms with Crippen molar-refractivity contribution in [3.8, 4) is 0 Å². The topological polar surface area (TPSA) is 64.9 Å². The minimum Gasteiger partial charge on any atom is -0.370 e. The van der Waals surface area contributed by atoms with Gasteiger partial charge in [-0.3, -0.25) is 4.68 Å². The molecule has 1 aliphatic heterocycles. The van der Waals surface area contributed by atoms with E-state index in [-0.39, 0.29) is 18.0 Å². The number of nitrogens with one attached hydrogen (secondary N) is 1. The zero-order chi connectivity index (χ0) is 15.7. The van der Waals surface area contributed by atoms with Crippen molar-refractivity contribution in [3.63, 3.8) is 0 Å².